The van der Waals surface area contributed by atoms with Crippen LogP contribution in [0.25, 0.3) is 10.9 Å². The molecule has 1 aliphatic carbocycles. The van der Waals surface area contributed by atoms with Crippen LogP contribution in [-0.4, -0.2) is 57.0 Å². The Morgan fingerprint density at radius 1 is 0.936 bits per heavy atom. The molecule has 1 N–H and O–H groups in total. The predicted molar refractivity (Wildman–Crippen MR) is 172 cm³/mol. The number of rotatable bonds is 10. The fourth-order valence-corrected chi connectivity index (χ4v) is 6.72. The summed E-state index contributed by atoms with van der Waals surface area (Å²) < 4.78 is 74.9. The number of fused-ring (bicyclic) bond motifs is 1. The average Bonchev–Trinajstić information content (AvgIpc) is 3.95. The summed E-state index contributed by atoms with van der Waals surface area (Å²) in [7, 11) is -1.95. The maximum atomic E-state index is 15.1. The first-order valence-corrected chi connectivity index (χ1v) is 16.4. The van der Waals surface area contributed by atoms with Crippen LogP contribution in [0.4, 0.5) is 23.2 Å². The molecule has 1 aromatic heterocycles. The number of piperazine rings is 1. The Bertz CT molecular complexity index is 1850. The Morgan fingerprint density at radius 2 is 1.62 bits per heavy atom. The van der Waals surface area contributed by atoms with Crippen molar-refractivity contribution < 1.29 is 31.4 Å². The quantitative estimate of drug-likeness (QED) is 0.152. The first-order chi connectivity index (χ1) is 22.5. The van der Waals surface area contributed by atoms with E-state index in [1.165, 1.54) is 29.2 Å². The van der Waals surface area contributed by atoms with E-state index in [0.29, 0.717) is 34.9 Å². The SMILES string of the molecule is C=CC(F)(F)c1cc(C(=O)N2CCN(C(=O)Cc3ccc(C(F)(F)C4CC4)cc3)CC2)ccc1NS(=O)c1cccc2cccnc12. The van der Waals surface area contributed by atoms with Crippen LogP contribution in [0.15, 0.2) is 96.5 Å². The number of allylic oxidation sites excluding steroid dienone is 1. The minimum Gasteiger partial charge on any atom is -0.339 e. The fraction of sp³-hybridized carbons (Fsp3) is 0.286. The van der Waals surface area contributed by atoms with E-state index in [1.807, 2.05) is 0 Å². The number of hydrogen-bond donors (Lipinski definition) is 1. The first-order valence-electron chi connectivity index (χ1n) is 15.2. The van der Waals surface area contributed by atoms with E-state index in [0.717, 1.165) is 11.5 Å². The summed E-state index contributed by atoms with van der Waals surface area (Å²) in [5, 5.41) is 0.740. The van der Waals surface area contributed by atoms with Crippen molar-refractivity contribution >= 4 is 39.4 Å². The molecule has 0 radical (unpaired) electrons. The molecule has 4 aromatic rings. The molecule has 1 aliphatic heterocycles. The molecule has 12 heteroatoms. The maximum Gasteiger partial charge on any atom is 0.293 e. The second kappa shape index (κ2) is 12.9. The van der Waals surface area contributed by atoms with Gasteiger partial charge < -0.3 is 14.5 Å². The van der Waals surface area contributed by atoms with Crippen molar-refractivity contribution in [1.82, 2.24) is 14.8 Å². The zero-order chi connectivity index (χ0) is 33.3. The lowest BCUT2D eigenvalue weighted by molar-refractivity contribution is -0.131. The van der Waals surface area contributed by atoms with Crippen LogP contribution < -0.4 is 4.72 Å². The van der Waals surface area contributed by atoms with Crippen LogP contribution in [0.3, 0.4) is 0 Å². The highest BCUT2D eigenvalue weighted by Crippen LogP contribution is 2.49. The standard InChI is InChI=1S/C35H32F4N4O3S/c1-2-34(36,37)28-22-25(10-15-29(28)41-47(46)30-7-3-5-24-6-4-16-40-32(24)30)33(45)43-19-17-42(18-20-43)31(44)21-23-8-11-26(12-9-23)35(38,39)27-13-14-27/h2-12,15-16,22,27,41H,1,13-14,17-21H2. The second-order valence-corrected chi connectivity index (χ2v) is 12.9. The monoisotopic (exact) mass is 664 g/mol. The Balaban J connectivity index is 1.11. The Morgan fingerprint density at radius 3 is 2.30 bits per heavy atom. The maximum absolute atomic E-state index is 15.1. The summed E-state index contributed by atoms with van der Waals surface area (Å²) in [6, 6.07) is 18.2. The number of halogens is 4. The van der Waals surface area contributed by atoms with Crippen molar-refractivity contribution in [2.75, 3.05) is 30.9 Å². The molecule has 1 saturated carbocycles. The van der Waals surface area contributed by atoms with Crippen molar-refractivity contribution in [2.24, 2.45) is 5.92 Å². The third-order valence-corrected chi connectivity index (χ3v) is 9.72. The molecular formula is C35H32F4N4O3S. The number of para-hydroxylation sites is 1. The zero-order valence-corrected chi connectivity index (χ0v) is 26.1. The van der Waals surface area contributed by atoms with E-state index in [2.05, 4.69) is 16.3 Å². The van der Waals surface area contributed by atoms with E-state index < -0.39 is 40.2 Å². The van der Waals surface area contributed by atoms with Crippen LogP contribution in [0, 0.1) is 5.92 Å². The van der Waals surface area contributed by atoms with Crippen LogP contribution in [0.5, 0.6) is 0 Å². The summed E-state index contributed by atoms with van der Waals surface area (Å²) in [5.41, 5.74) is 0.357. The van der Waals surface area contributed by atoms with E-state index in [9.17, 15) is 22.6 Å². The minimum atomic E-state index is -3.54. The molecular weight excluding hydrogens is 632 g/mol. The summed E-state index contributed by atoms with van der Waals surface area (Å²) in [4.78, 5) is 34.0. The lowest BCUT2D eigenvalue weighted by Crippen LogP contribution is -2.51. The Kier molecular flexibility index (Phi) is 8.88. The van der Waals surface area contributed by atoms with Crippen LogP contribution in [0.1, 0.15) is 39.9 Å². The number of anilines is 1. The predicted octanol–water partition coefficient (Wildman–Crippen LogP) is 6.68. The molecule has 0 spiro atoms. The molecule has 1 unspecified atom stereocenters. The van der Waals surface area contributed by atoms with Crippen LogP contribution in [0.2, 0.25) is 0 Å². The molecule has 0 bridgehead atoms. The normalized spacial score (nSPS) is 16.2. The van der Waals surface area contributed by atoms with Crippen molar-refractivity contribution in [2.45, 2.75) is 36.0 Å². The summed E-state index contributed by atoms with van der Waals surface area (Å²) in [5.74, 6) is -7.71. The van der Waals surface area contributed by atoms with Gasteiger partial charge in [-0.15, -0.1) is 0 Å². The van der Waals surface area contributed by atoms with Gasteiger partial charge in [0.05, 0.1) is 22.5 Å². The largest absolute Gasteiger partial charge is 0.339 e. The number of amides is 2. The first kappa shape index (κ1) is 32.4. The molecule has 2 fully saturated rings. The highest BCUT2D eigenvalue weighted by Gasteiger charge is 2.47. The van der Waals surface area contributed by atoms with Gasteiger partial charge in [-0.2, -0.15) is 8.78 Å². The Hall–Kier alpha value is -4.58. The molecule has 6 rings (SSSR count). The fourth-order valence-electron chi connectivity index (χ4n) is 5.69. The van der Waals surface area contributed by atoms with Crippen molar-refractivity contribution in [3.63, 3.8) is 0 Å². The molecule has 47 heavy (non-hydrogen) atoms. The molecule has 244 valence electrons. The van der Waals surface area contributed by atoms with Gasteiger partial charge in [0.15, 0.2) is 11.0 Å². The van der Waals surface area contributed by atoms with E-state index in [4.69, 9.17) is 0 Å². The molecule has 2 heterocycles. The summed E-state index contributed by atoms with van der Waals surface area (Å²) >= 11 is 0. The van der Waals surface area contributed by atoms with Crippen molar-refractivity contribution in [3.05, 3.63) is 114 Å². The third kappa shape index (κ3) is 6.78. The minimum absolute atomic E-state index is 0.00699. The molecule has 2 amide bonds. The van der Waals surface area contributed by atoms with Crippen LogP contribution >= 0.6 is 0 Å². The number of alkyl halides is 4. The number of pyridine rings is 1. The number of hydrogen-bond acceptors (Lipinski definition) is 4. The smallest absolute Gasteiger partial charge is 0.293 e. The van der Waals surface area contributed by atoms with Gasteiger partial charge in [-0.3, -0.25) is 14.6 Å². The molecule has 1 atom stereocenters. The average molecular weight is 665 g/mol. The number of carbonyl (C=O) groups excluding carboxylic acids is 2. The number of carbonyl (C=O) groups is 2. The van der Waals surface area contributed by atoms with E-state index >= 15 is 8.78 Å². The van der Waals surface area contributed by atoms with Gasteiger partial charge in [-0.1, -0.05) is 49.0 Å². The number of nitrogens with zero attached hydrogens (tertiary/aromatic N) is 3. The molecule has 7 nitrogen and oxygen atoms in total. The highest BCUT2D eigenvalue weighted by molar-refractivity contribution is 7.86. The molecule has 3 aromatic carbocycles. The van der Waals surface area contributed by atoms with Crippen molar-refractivity contribution in [3.8, 4) is 0 Å². The lowest BCUT2D eigenvalue weighted by atomic mass is 10.0. The topological polar surface area (TPSA) is 82.6 Å². The van der Waals surface area contributed by atoms with Gasteiger partial charge in [-0.25, -0.2) is 13.0 Å². The van der Waals surface area contributed by atoms with Gasteiger partial charge in [0, 0.05) is 60.4 Å². The van der Waals surface area contributed by atoms with Gasteiger partial charge in [0.25, 0.3) is 17.8 Å². The van der Waals surface area contributed by atoms with E-state index in [1.54, 1.807) is 53.6 Å². The van der Waals surface area contributed by atoms with Gasteiger partial charge in [0.1, 0.15) is 0 Å². The summed E-state index contributed by atoms with van der Waals surface area (Å²) in [6.45, 7) is 4.07. The zero-order valence-electron chi connectivity index (χ0n) is 25.3. The van der Waals surface area contributed by atoms with Crippen LogP contribution in [-0.2, 0) is 34.0 Å². The number of aromatic nitrogens is 1. The lowest BCUT2D eigenvalue weighted by Gasteiger charge is -2.35. The summed E-state index contributed by atoms with van der Waals surface area (Å²) in [6.07, 6.45) is 3.07. The van der Waals surface area contributed by atoms with E-state index in [-0.39, 0.29) is 55.3 Å². The van der Waals surface area contributed by atoms with Gasteiger partial charge in [-0.05, 0) is 54.8 Å². The van der Waals surface area contributed by atoms with Gasteiger partial charge in [0.2, 0.25) is 5.91 Å². The molecule has 1 saturated heterocycles. The molecule has 2 aliphatic rings. The Labute approximate surface area is 271 Å². The second-order valence-electron chi connectivity index (χ2n) is 11.7. The third-order valence-electron chi connectivity index (χ3n) is 8.58. The highest BCUT2D eigenvalue weighted by atomic mass is 32.2. The van der Waals surface area contributed by atoms with Gasteiger partial charge >= 0.3 is 0 Å². The number of nitrogens with one attached hydrogen (secondary N) is 1. The van der Waals surface area contributed by atoms with Crippen molar-refractivity contribution in [1.29, 1.82) is 0 Å². The number of benzene rings is 3.